The predicted molar refractivity (Wildman–Crippen MR) is 167 cm³/mol. The molecule has 2 N–H and O–H groups in total. The molecule has 0 aliphatic rings. The van der Waals surface area contributed by atoms with Crippen molar-refractivity contribution in [3.63, 3.8) is 0 Å². The standard InChI is InChI=1S/C31H23N5O6S2/c37-29(34-31-33-26-12-6-7-13-28(26)43-31)27(19-22-18-21-10-4-5-11-25(21)32-22)35(30(38)20-8-2-1-3-9-20)44(41,42)24-16-14-23(15-17-24)36(39)40/h1-18,27,32H,19H2,(H,33,34,37)/t27-/m0/s1. The van der Waals surface area contributed by atoms with Crippen molar-refractivity contribution in [3.8, 4) is 0 Å². The Morgan fingerprint density at radius 3 is 2.32 bits per heavy atom. The summed E-state index contributed by atoms with van der Waals surface area (Å²) in [7, 11) is -4.73. The molecule has 0 aliphatic heterocycles. The van der Waals surface area contributed by atoms with Crippen LogP contribution in [0.1, 0.15) is 16.1 Å². The number of hydrogen-bond acceptors (Lipinski definition) is 8. The molecule has 0 saturated heterocycles. The Kier molecular flexibility index (Phi) is 7.64. The highest BCUT2D eigenvalue weighted by atomic mass is 32.2. The summed E-state index contributed by atoms with van der Waals surface area (Å²) in [6.45, 7) is 0. The second-order valence-electron chi connectivity index (χ2n) is 9.80. The lowest BCUT2D eigenvalue weighted by atomic mass is 10.1. The number of sulfonamides is 1. The Labute approximate surface area is 255 Å². The third-order valence-electron chi connectivity index (χ3n) is 6.93. The number of carbonyl (C=O) groups excluding carboxylic acids is 2. The SMILES string of the molecule is O=C(Nc1nc2ccccc2s1)[C@H](Cc1cc2ccccc2[nH]1)N(C(=O)c1ccccc1)S(=O)(=O)c1ccc([N+](=O)[O-])cc1. The van der Waals surface area contributed by atoms with Gasteiger partial charge in [-0.15, -0.1) is 0 Å². The van der Waals surface area contributed by atoms with Crippen molar-refractivity contribution in [2.45, 2.75) is 17.4 Å². The predicted octanol–water partition coefficient (Wildman–Crippen LogP) is 5.77. The number of fused-ring (bicyclic) bond motifs is 2. The zero-order valence-corrected chi connectivity index (χ0v) is 24.4. The largest absolute Gasteiger partial charge is 0.358 e. The van der Waals surface area contributed by atoms with Crippen LogP contribution in [0.2, 0.25) is 0 Å². The van der Waals surface area contributed by atoms with E-state index in [4.69, 9.17) is 0 Å². The number of benzene rings is 4. The first kappa shape index (κ1) is 28.7. The third-order valence-corrected chi connectivity index (χ3v) is 9.69. The van der Waals surface area contributed by atoms with Crippen molar-refractivity contribution in [1.29, 1.82) is 0 Å². The van der Waals surface area contributed by atoms with Gasteiger partial charge in [0.05, 0.1) is 20.0 Å². The highest BCUT2D eigenvalue weighted by Crippen LogP contribution is 2.29. The molecule has 0 fully saturated rings. The van der Waals surface area contributed by atoms with Crippen LogP contribution in [-0.4, -0.2) is 45.5 Å². The van der Waals surface area contributed by atoms with Gasteiger partial charge in [-0.3, -0.25) is 19.7 Å². The summed E-state index contributed by atoms with van der Waals surface area (Å²) in [6.07, 6.45) is -0.198. The molecule has 1 atom stereocenters. The maximum Gasteiger partial charge on any atom is 0.269 e. The fourth-order valence-electron chi connectivity index (χ4n) is 4.83. The van der Waals surface area contributed by atoms with E-state index in [2.05, 4.69) is 15.3 Å². The quantitative estimate of drug-likeness (QED) is 0.153. The van der Waals surface area contributed by atoms with Crippen molar-refractivity contribution in [3.05, 3.63) is 131 Å². The Balaban J connectivity index is 1.48. The molecule has 2 heterocycles. The monoisotopic (exact) mass is 625 g/mol. The molecule has 220 valence electrons. The van der Waals surface area contributed by atoms with Gasteiger partial charge in [-0.2, -0.15) is 0 Å². The maximum atomic E-state index is 14.3. The Hall–Kier alpha value is -5.40. The minimum Gasteiger partial charge on any atom is -0.358 e. The smallest absolute Gasteiger partial charge is 0.269 e. The van der Waals surface area contributed by atoms with Gasteiger partial charge >= 0.3 is 0 Å². The Bertz CT molecular complexity index is 2060. The van der Waals surface area contributed by atoms with Crippen LogP contribution in [0.15, 0.2) is 114 Å². The number of nitrogens with one attached hydrogen (secondary N) is 2. The minimum absolute atomic E-state index is 0.0346. The average Bonchev–Trinajstić information content (AvgIpc) is 3.64. The Morgan fingerprint density at radius 1 is 0.932 bits per heavy atom. The normalized spacial score (nSPS) is 12.2. The first-order valence-electron chi connectivity index (χ1n) is 13.3. The van der Waals surface area contributed by atoms with Crippen molar-refractivity contribution >= 4 is 65.1 Å². The number of nitro benzene ring substituents is 1. The van der Waals surface area contributed by atoms with E-state index in [1.54, 1.807) is 30.3 Å². The number of amides is 2. The number of thiazole rings is 1. The van der Waals surface area contributed by atoms with Crippen LogP contribution in [0, 0.1) is 10.1 Å². The molecule has 13 heteroatoms. The van der Waals surface area contributed by atoms with Gasteiger partial charge in [0.25, 0.3) is 27.5 Å². The summed E-state index contributed by atoms with van der Waals surface area (Å²) in [5, 5.41) is 15.0. The van der Waals surface area contributed by atoms with Gasteiger partial charge < -0.3 is 10.3 Å². The van der Waals surface area contributed by atoms with E-state index in [1.165, 1.54) is 23.5 Å². The van der Waals surface area contributed by atoms with Gasteiger partial charge in [0, 0.05) is 35.3 Å². The van der Waals surface area contributed by atoms with Crippen LogP contribution in [-0.2, 0) is 21.2 Å². The summed E-state index contributed by atoms with van der Waals surface area (Å²) in [4.78, 5) is 46.0. The second-order valence-corrected chi connectivity index (χ2v) is 12.6. The lowest BCUT2D eigenvalue weighted by Crippen LogP contribution is -2.51. The molecule has 0 spiro atoms. The van der Waals surface area contributed by atoms with E-state index < -0.39 is 32.8 Å². The van der Waals surface area contributed by atoms with E-state index in [0.29, 0.717) is 15.5 Å². The number of anilines is 1. The fourth-order valence-corrected chi connectivity index (χ4v) is 7.23. The molecule has 0 unspecified atom stereocenters. The first-order chi connectivity index (χ1) is 21.2. The molecule has 6 rings (SSSR count). The third kappa shape index (κ3) is 5.65. The van der Waals surface area contributed by atoms with Crippen molar-refractivity contribution in [1.82, 2.24) is 14.3 Å². The van der Waals surface area contributed by atoms with E-state index >= 15 is 0 Å². The maximum absolute atomic E-state index is 14.3. The topological polar surface area (TPSA) is 155 Å². The molecule has 2 aromatic heterocycles. The summed E-state index contributed by atoms with van der Waals surface area (Å²) >= 11 is 1.21. The molecule has 0 bridgehead atoms. The van der Waals surface area contributed by atoms with Gasteiger partial charge in [0.2, 0.25) is 0 Å². The van der Waals surface area contributed by atoms with Gasteiger partial charge in [-0.1, -0.05) is 59.9 Å². The number of rotatable bonds is 9. The van der Waals surface area contributed by atoms with Gasteiger partial charge in [-0.05, 0) is 53.9 Å². The summed E-state index contributed by atoms with van der Waals surface area (Å²) in [5.74, 6) is -1.72. The number of para-hydroxylation sites is 2. The minimum atomic E-state index is -4.73. The van der Waals surface area contributed by atoms with Crippen LogP contribution >= 0.6 is 11.3 Å². The molecule has 2 amide bonds. The summed E-state index contributed by atoms with van der Waals surface area (Å²) in [5.41, 5.74) is 1.64. The highest BCUT2D eigenvalue weighted by Gasteiger charge is 2.41. The second kappa shape index (κ2) is 11.7. The molecule has 0 saturated carbocycles. The summed E-state index contributed by atoms with van der Waals surface area (Å²) in [6, 6.07) is 26.8. The number of non-ortho nitro benzene ring substituents is 1. The molecule has 4 aromatic carbocycles. The first-order valence-corrected chi connectivity index (χ1v) is 15.6. The van der Waals surface area contributed by atoms with Crippen LogP contribution < -0.4 is 5.32 Å². The molecular weight excluding hydrogens is 603 g/mol. The lowest BCUT2D eigenvalue weighted by molar-refractivity contribution is -0.384. The van der Waals surface area contributed by atoms with Crippen LogP contribution in [0.25, 0.3) is 21.1 Å². The van der Waals surface area contributed by atoms with Gasteiger partial charge in [-0.25, -0.2) is 17.7 Å². The van der Waals surface area contributed by atoms with Gasteiger partial charge in [0.15, 0.2) is 5.13 Å². The van der Waals surface area contributed by atoms with E-state index in [9.17, 15) is 28.1 Å². The van der Waals surface area contributed by atoms with Crippen LogP contribution in [0.3, 0.4) is 0 Å². The molecule has 0 aliphatic carbocycles. The van der Waals surface area contributed by atoms with Crippen LogP contribution in [0.5, 0.6) is 0 Å². The molecule has 0 radical (unpaired) electrons. The van der Waals surface area contributed by atoms with Crippen LogP contribution in [0.4, 0.5) is 10.8 Å². The number of nitro groups is 1. The van der Waals surface area contributed by atoms with E-state index in [0.717, 1.165) is 39.9 Å². The fraction of sp³-hybridized carbons (Fsp3) is 0.0645. The molecule has 6 aromatic rings. The molecule has 11 nitrogen and oxygen atoms in total. The zero-order valence-electron chi connectivity index (χ0n) is 22.8. The average molecular weight is 626 g/mol. The number of aromatic nitrogens is 2. The van der Waals surface area contributed by atoms with E-state index in [1.807, 2.05) is 42.5 Å². The van der Waals surface area contributed by atoms with Crippen molar-refractivity contribution in [2.24, 2.45) is 0 Å². The van der Waals surface area contributed by atoms with Crippen molar-refractivity contribution < 1.29 is 22.9 Å². The number of nitrogens with zero attached hydrogens (tertiary/aromatic N) is 3. The van der Waals surface area contributed by atoms with Gasteiger partial charge in [0.1, 0.15) is 6.04 Å². The van der Waals surface area contributed by atoms with Crippen molar-refractivity contribution in [2.75, 3.05) is 5.32 Å². The molecular formula is C31H23N5O6S2. The molecule has 44 heavy (non-hydrogen) atoms. The summed E-state index contributed by atoms with van der Waals surface area (Å²) < 4.78 is 29.9. The lowest BCUT2D eigenvalue weighted by Gasteiger charge is -2.30. The number of H-pyrrole nitrogens is 1. The number of hydrogen-bond donors (Lipinski definition) is 2. The number of aromatic amines is 1. The highest BCUT2D eigenvalue weighted by molar-refractivity contribution is 7.89. The van der Waals surface area contributed by atoms with E-state index in [-0.39, 0.29) is 27.7 Å². The number of carbonyl (C=O) groups is 2. The zero-order chi connectivity index (χ0) is 30.8. The Morgan fingerprint density at radius 2 is 1.61 bits per heavy atom.